The topological polar surface area (TPSA) is 105 Å². The van der Waals surface area contributed by atoms with Crippen LogP contribution in [-0.4, -0.2) is 52.3 Å². The fourth-order valence-electron chi connectivity index (χ4n) is 2.46. The molecule has 0 aromatic carbocycles. The Balaban J connectivity index is 3.17. The summed E-state index contributed by atoms with van der Waals surface area (Å²) in [6, 6.07) is 1.64. The number of hydrogen-bond acceptors (Lipinski definition) is 8. The third-order valence-electron chi connectivity index (χ3n) is 4.02. The molecule has 1 rings (SSSR count). The SMILES string of the molecule is CC[Si]1(CC)OCCCO[Si](CC)(CC)OS(=O)(=O)CS(=O)(=O)O1. The van der Waals surface area contributed by atoms with Gasteiger partial charge in [0, 0.05) is 13.2 Å². The van der Waals surface area contributed by atoms with Gasteiger partial charge in [-0.05, 0) is 30.6 Å². The van der Waals surface area contributed by atoms with Gasteiger partial charge < -0.3 is 8.85 Å². The Bertz CT molecular complexity index is 545. The van der Waals surface area contributed by atoms with Gasteiger partial charge in [-0.25, -0.2) is 0 Å². The normalized spacial score (nSPS) is 26.8. The van der Waals surface area contributed by atoms with Gasteiger partial charge in [0.15, 0.2) is 0 Å². The molecule has 0 radical (unpaired) electrons. The van der Waals surface area contributed by atoms with Crippen LogP contribution in [0.25, 0.3) is 0 Å². The van der Waals surface area contributed by atoms with Crippen molar-refractivity contribution in [1.29, 1.82) is 0 Å². The van der Waals surface area contributed by atoms with Gasteiger partial charge in [0.25, 0.3) is 20.2 Å². The van der Waals surface area contributed by atoms with Crippen molar-refractivity contribution in [2.45, 2.75) is 58.3 Å². The number of hydrogen-bond donors (Lipinski definition) is 0. The molecule has 1 aliphatic heterocycles. The van der Waals surface area contributed by atoms with E-state index in [0.29, 0.717) is 43.8 Å². The standard InChI is InChI=1S/C12H28O8S2Si2/c1-5-23(6-2)17-10-9-11-18-24(7-3,8-4)20-22(15,16)12-21(13,14)19-23/h5-12H2,1-4H3. The van der Waals surface area contributed by atoms with Crippen LogP contribution >= 0.6 is 0 Å². The average molecular weight is 421 g/mol. The fraction of sp³-hybridized carbons (Fsp3) is 1.00. The highest BCUT2D eigenvalue weighted by atomic mass is 32.3. The van der Waals surface area contributed by atoms with E-state index in [1.165, 1.54) is 0 Å². The third kappa shape index (κ3) is 6.16. The molecule has 0 atom stereocenters. The van der Waals surface area contributed by atoms with Crippen molar-refractivity contribution < 1.29 is 33.4 Å². The zero-order chi connectivity index (χ0) is 18.5. The highest BCUT2D eigenvalue weighted by molar-refractivity contribution is 8.04. The van der Waals surface area contributed by atoms with Gasteiger partial charge in [-0.1, -0.05) is 27.7 Å². The summed E-state index contributed by atoms with van der Waals surface area (Å²) in [5, 5.41) is -1.21. The largest absolute Gasteiger partial charge is 0.394 e. The predicted octanol–water partition coefficient (Wildman–Crippen LogP) is 2.04. The minimum absolute atomic E-state index is 0.314. The van der Waals surface area contributed by atoms with Crippen molar-refractivity contribution in [3.8, 4) is 0 Å². The van der Waals surface area contributed by atoms with Crippen LogP contribution in [0.15, 0.2) is 0 Å². The maximum absolute atomic E-state index is 12.3. The van der Waals surface area contributed by atoms with E-state index in [9.17, 15) is 16.8 Å². The molecule has 24 heavy (non-hydrogen) atoms. The van der Waals surface area contributed by atoms with Gasteiger partial charge in [0.05, 0.1) is 0 Å². The summed E-state index contributed by atoms with van der Waals surface area (Å²) in [5.74, 6) is 0. The first-order chi connectivity index (χ1) is 11.1. The maximum atomic E-state index is 12.3. The highest BCUT2D eigenvalue weighted by Crippen LogP contribution is 2.26. The van der Waals surface area contributed by atoms with Crippen LogP contribution in [0.5, 0.6) is 0 Å². The second kappa shape index (κ2) is 8.71. The van der Waals surface area contributed by atoms with Crippen molar-refractivity contribution in [3.63, 3.8) is 0 Å². The second-order valence-corrected chi connectivity index (χ2v) is 17.2. The molecular formula is C12H28O8S2Si2. The molecule has 0 unspecified atom stereocenters. The Labute approximate surface area is 147 Å². The quantitative estimate of drug-likeness (QED) is 0.636. The summed E-state index contributed by atoms with van der Waals surface area (Å²) >= 11 is 0. The molecular weight excluding hydrogens is 392 g/mol. The minimum Gasteiger partial charge on any atom is -0.394 e. The van der Waals surface area contributed by atoms with Crippen LogP contribution in [0.1, 0.15) is 34.1 Å². The molecule has 0 aromatic rings. The van der Waals surface area contributed by atoms with Crippen LogP contribution < -0.4 is 0 Å². The summed E-state index contributed by atoms with van der Waals surface area (Å²) in [6.45, 7) is 7.76. The maximum Gasteiger partial charge on any atom is 0.356 e. The van der Waals surface area contributed by atoms with Crippen LogP contribution in [0.4, 0.5) is 0 Å². The lowest BCUT2D eigenvalue weighted by molar-refractivity contribution is 0.185. The second-order valence-electron chi connectivity index (χ2n) is 5.69. The Morgan fingerprint density at radius 2 is 1.04 bits per heavy atom. The predicted molar refractivity (Wildman–Crippen MR) is 94.8 cm³/mol. The van der Waals surface area contributed by atoms with Crippen molar-refractivity contribution in [2.24, 2.45) is 0 Å². The molecule has 144 valence electrons. The summed E-state index contributed by atoms with van der Waals surface area (Å²) in [4.78, 5) is 0. The van der Waals surface area contributed by atoms with Crippen LogP contribution in [-0.2, 0) is 36.8 Å². The van der Waals surface area contributed by atoms with E-state index in [-0.39, 0.29) is 0 Å². The van der Waals surface area contributed by atoms with Crippen LogP contribution in [0.2, 0.25) is 24.2 Å². The smallest absolute Gasteiger partial charge is 0.356 e. The van der Waals surface area contributed by atoms with E-state index >= 15 is 0 Å². The number of rotatable bonds is 4. The highest BCUT2D eigenvalue weighted by Gasteiger charge is 2.44. The Morgan fingerprint density at radius 3 is 1.33 bits per heavy atom. The molecule has 1 fully saturated rings. The van der Waals surface area contributed by atoms with Gasteiger partial charge in [-0.15, -0.1) is 0 Å². The van der Waals surface area contributed by atoms with Crippen molar-refractivity contribution in [1.82, 2.24) is 0 Å². The van der Waals surface area contributed by atoms with E-state index in [4.69, 9.17) is 16.6 Å². The lowest BCUT2D eigenvalue weighted by Gasteiger charge is -2.31. The summed E-state index contributed by atoms with van der Waals surface area (Å²) in [6.07, 6.45) is 0.524. The summed E-state index contributed by atoms with van der Waals surface area (Å²) < 4.78 is 71.2. The zero-order valence-electron chi connectivity index (χ0n) is 14.7. The third-order valence-corrected chi connectivity index (χ3v) is 16.6. The Morgan fingerprint density at radius 1 is 0.708 bits per heavy atom. The first kappa shape index (κ1) is 22.2. The molecule has 1 heterocycles. The first-order valence-electron chi connectivity index (χ1n) is 8.21. The average Bonchev–Trinajstić information content (AvgIpc) is 2.49. The van der Waals surface area contributed by atoms with E-state index in [1.54, 1.807) is 27.7 Å². The molecule has 12 heteroatoms. The van der Waals surface area contributed by atoms with Crippen molar-refractivity contribution in [3.05, 3.63) is 0 Å². The summed E-state index contributed by atoms with van der Waals surface area (Å²) in [7, 11) is -14.7. The first-order valence-corrected chi connectivity index (χ1v) is 15.8. The Hall–Kier alpha value is 0.174. The van der Waals surface area contributed by atoms with Gasteiger partial charge in [-0.2, -0.15) is 16.8 Å². The minimum atomic E-state index is -4.33. The molecule has 8 nitrogen and oxygen atoms in total. The van der Waals surface area contributed by atoms with Gasteiger partial charge in [0.1, 0.15) is 0 Å². The molecule has 0 aliphatic carbocycles. The van der Waals surface area contributed by atoms with Crippen molar-refractivity contribution >= 4 is 37.4 Å². The molecule has 0 bridgehead atoms. The van der Waals surface area contributed by atoms with Crippen LogP contribution in [0.3, 0.4) is 0 Å². The zero-order valence-corrected chi connectivity index (χ0v) is 18.4. The van der Waals surface area contributed by atoms with Gasteiger partial charge >= 0.3 is 17.1 Å². The van der Waals surface area contributed by atoms with E-state index in [1.807, 2.05) is 0 Å². The van der Waals surface area contributed by atoms with Gasteiger partial charge in [0.2, 0.25) is 5.08 Å². The lowest BCUT2D eigenvalue weighted by Crippen LogP contribution is -2.48. The van der Waals surface area contributed by atoms with E-state index < -0.39 is 42.4 Å². The molecule has 1 saturated heterocycles. The Kier molecular flexibility index (Phi) is 8.06. The van der Waals surface area contributed by atoms with Gasteiger partial charge in [-0.3, -0.25) is 7.74 Å². The lowest BCUT2D eigenvalue weighted by atomic mass is 10.5. The monoisotopic (exact) mass is 420 g/mol. The van der Waals surface area contributed by atoms with Crippen molar-refractivity contribution in [2.75, 3.05) is 18.3 Å². The van der Waals surface area contributed by atoms with Crippen LogP contribution in [0, 0.1) is 0 Å². The van der Waals surface area contributed by atoms with E-state index in [0.717, 1.165) is 0 Å². The summed E-state index contributed by atoms with van der Waals surface area (Å²) in [5.41, 5.74) is 0. The van der Waals surface area contributed by atoms with E-state index in [2.05, 4.69) is 0 Å². The molecule has 0 saturated carbocycles. The molecule has 0 aromatic heterocycles. The molecule has 0 amide bonds. The molecule has 0 N–H and O–H groups in total. The molecule has 0 spiro atoms. The molecule has 1 aliphatic rings. The fourth-order valence-corrected chi connectivity index (χ4v) is 13.9.